The zero-order chi connectivity index (χ0) is 45.2. The summed E-state index contributed by atoms with van der Waals surface area (Å²) in [6, 6.07) is 92.7. The molecule has 0 aliphatic heterocycles. The van der Waals surface area contributed by atoms with Crippen LogP contribution >= 0.6 is 0 Å². The molecule has 3 heteroatoms. The molecule has 0 radical (unpaired) electrons. The molecule has 12 aromatic rings. The van der Waals surface area contributed by atoms with Gasteiger partial charge in [0.1, 0.15) is 0 Å². The molecule has 0 amide bonds. The van der Waals surface area contributed by atoms with Crippen LogP contribution < -0.4 is 0 Å². The molecular formula is C65H43N3. The normalized spacial score (nSPS) is 11.2. The summed E-state index contributed by atoms with van der Waals surface area (Å²) in [5.74, 6) is 1.87. The van der Waals surface area contributed by atoms with Crippen LogP contribution in [0.5, 0.6) is 0 Å². The lowest BCUT2D eigenvalue weighted by Gasteiger charge is -2.12. The Morgan fingerprint density at radius 1 is 0.176 bits per heavy atom. The average Bonchev–Trinajstić information content (AvgIpc) is 3.43. The van der Waals surface area contributed by atoms with E-state index >= 15 is 0 Å². The van der Waals surface area contributed by atoms with E-state index in [0.717, 1.165) is 50.1 Å². The van der Waals surface area contributed by atoms with Crippen LogP contribution in [0.4, 0.5) is 0 Å². The van der Waals surface area contributed by atoms with Crippen LogP contribution in [0, 0.1) is 0 Å². The molecule has 0 saturated heterocycles. The van der Waals surface area contributed by atoms with Crippen molar-refractivity contribution < 1.29 is 0 Å². The fourth-order valence-electron chi connectivity index (χ4n) is 9.42. The fourth-order valence-corrected chi connectivity index (χ4v) is 9.42. The van der Waals surface area contributed by atoms with Gasteiger partial charge in [0.25, 0.3) is 0 Å². The Kier molecular flexibility index (Phi) is 10.6. The molecule has 0 atom stereocenters. The summed E-state index contributed by atoms with van der Waals surface area (Å²) in [5, 5.41) is 5.01. The maximum atomic E-state index is 5.18. The summed E-state index contributed by atoms with van der Waals surface area (Å²) < 4.78 is 0. The van der Waals surface area contributed by atoms with Gasteiger partial charge in [0.05, 0.1) is 0 Å². The zero-order valence-corrected chi connectivity index (χ0v) is 37.2. The molecule has 0 spiro atoms. The number of rotatable bonds is 9. The van der Waals surface area contributed by atoms with E-state index in [1.54, 1.807) is 0 Å². The van der Waals surface area contributed by atoms with Crippen LogP contribution in [0.25, 0.3) is 122 Å². The van der Waals surface area contributed by atoms with E-state index < -0.39 is 0 Å². The number of fused-ring (bicyclic) bond motifs is 2. The maximum Gasteiger partial charge on any atom is 0.164 e. The third-order valence-corrected chi connectivity index (χ3v) is 12.9. The minimum absolute atomic E-state index is 0.621. The molecule has 1 heterocycles. The van der Waals surface area contributed by atoms with Gasteiger partial charge in [-0.05, 0) is 113 Å². The first-order chi connectivity index (χ1) is 33.7. The van der Waals surface area contributed by atoms with Gasteiger partial charge in [0, 0.05) is 16.7 Å². The van der Waals surface area contributed by atoms with Gasteiger partial charge in [0.15, 0.2) is 17.5 Å². The second-order valence-corrected chi connectivity index (χ2v) is 17.2. The summed E-state index contributed by atoms with van der Waals surface area (Å²) in [5.41, 5.74) is 16.7. The van der Waals surface area contributed by atoms with E-state index in [2.05, 4.69) is 243 Å². The standard InChI is InChI=1S/C65H43N3/c1-2-16-50(17-3-1)63-66-64(57-26-10-24-55(42-57)53-22-8-20-51(40-53)44-32-36-48(37-33-44)61-30-12-18-46-14-4-6-28-59(46)61)68-65(67-63)58-27-11-25-56(43-58)54-23-9-21-52(41-54)45-34-38-49(39-35-45)62-31-13-19-47-15-5-7-29-60(47)62/h1-43H. The topological polar surface area (TPSA) is 38.7 Å². The molecule has 0 N–H and O–H groups in total. The Balaban J connectivity index is 0.850. The molecule has 1 aromatic heterocycles. The minimum Gasteiger partial charge on any atom is -0.208 e. The highest BCUT2D eigenvalue weighted by Crippen LogP contribution is 2.36. The number of aromatic nitrogens is 3. The first-order valence-corrected chi connectivity index (χ1v) is 23.1. The predicted octanol–water partition coefficient (Wildman–Crippen LogP) is 17.2. The molecule has 0 fully saturated rings. The van der Waals surface area contributed by atoms with Gasteiger partial charge in [-0.1, -0.05) is 237 Å². The zero-order valence-electron chi connectivity index (χ0n) is 37.2. The van der Waals surface area contributed by atoms with E-state index in [-0.39, 0.29) is 0 Å². The molecular weight excluding hydrogens is 823 g/mol. The van der Waals surface area contributed by atoms with Gasteiger partial charge in [-0.15, -0.1) is 0 Å². The molecule has 12 rings (SSSR count). The summed E-state index contributed by atoms with van der Waals surface area (Å²) in [6.07, 6.45) is 0. The van der Waals surface area contributed by atoms with Crippen molar-refractivity contribution in [1.82, 2.24) is 15.0 Å². The smallest absolute Gasteiger partial charge is 0.164 e. The number of nitrogens with zero attached hydrogens (tertiary/aromatic N) is 3. The molecule has 0 unspecified atom stereocenters. The lowest BCUT2D eigenvalue weighted by atomic mass is 9.94. The van der Waals surface area contributed by atoms with Crippen molar-refractivity contribution >= 4 is 21.5 Å². The van der Waals surface area contributed by atoms with E-state index in [1.165, 1.54) is 54.9 Å². The summed E-state index contributed by atoms with van der Waals surface area (Å²) in [6.45, 7) is 0. The van der Waals surface area contributed by atoms with Crippen LogP contribution in [-0.4, -0.2) is 15.0 Å². The first kappa shape index (κ1) is 40.5. The summed E-state index contributed by atoms with van der Waals surface area (Å²) >= 11 is 0. The van der Waals surface area contributed by atoms with Crippen molar-refractivity contribution in [3.05, 3.63) is 261 Å². The van der Waals surface area contributed by atoms with Crippen molar-refractivity contribution in [2.75, 3.05) is 0 Å². The lowest BCUT2D eigenvalue weighted by molar-refractivity contribution is 1.07. The molecule has 0 aliphatic rings. The molecule has 0 bridgehead atoms. The number of benzene rings is 11. The highest BCUT2D eigenvalue weighted by molar-refractivity contribution is 5.98. The van der Waals surface area contributed by atoms with Gasteiger partial charge < -0.3 is 0 Å². The van der Waals surface area contributed by atoms with Crippen molar-refractivity contribution in [1.29, 1.82) is 0 Å². The van der Waals surface area contributed by atoms with Gasteiger partial charge in [-0.2, -0.15) is 0 Å². The first-order valence-electron chi connectivity index (χ1n) is 23.1. The van der Waals surface area contributed by atoms with Crippen molar-refractivity contribution in [2.24, 2.45) is 0 Å². The molecule has 0 saturated carbocycles. The Hall–Kier alpha value is -9.05. The van der Waals surface area contributed by atoms with Crippen LogP contribution in [0.3, 0.4) is 0 Å². The van der Waals surface area contributed by atoms with Gasteiger partial charge in [-0.3, -0.25) is 0 Å². The van der Waals surface area contributed by atoms with Gasteiger partial charge in [-0.25, -0.2) is 15.0 Å². The van der Waals surface area contributed by atoms with E-state index in [9.17, 15) is 0 Å². The van der Waals surface area contributed by atoms with Gasteiger partial charge >= 0.3 is 0 Å². The number of hydrogen-bond acceptors (Lipinski definition) is 3. The predicted molar refractivity (Wildman–Crippen MR) is 284 cm³/mol. The minimum atomic E-state index is 0.621. The molecule has 0 aliphatic carbocycles. The SMILES string of the molecule is c1ccc(-c2nc(-c3cccc(-c4cccc(-c5ccc(-c6cccc7ccccc67)cc5)c4)c3)nc(-c3cccc(-c4cccc(-c5ccc(-c6cccc7ccccc67)cc5)c4)c3)n2)cc1. The third kappa shape index (κ3) is 8.04. The monoisotopic (exact) mass is 865 g/mol. The Bertz CT molecular complexity index is 3540. The summed E-state index contributed by atoms with van der Waals surface area (Å²) in [7, 11) is 0. The van der Waals surface area contributed by atoms with E-state index in [4.69, 9.17) is 15.0 Å². The Morgan fingerprint density at radius 3 is 0.882 bits per heavy atom. The van der Waals surface area contributed by atoms with Gasteiger partial charge in [0.2, 0.25) is 0 Å². The molecule has 68 heavy (non-hydrogen) atoms. The number of hydrogen-bond donors (Lipinski definition) is 0. The highest BCUT2D eigenvalue weighted by Gasteiger charge is 2.15. The molecule has 11 aromatic carbocycles. The average molecular weight is 866 g/mol. The second kappa shape index (κ2) is 17.7. The Morgan fingerprint density at radius 2 is 0.456 bits per heavy atom. The van der Waals surface area contributed by atoms with Crippen molar-refractivity contribution in [3.8, 4) is 101 Å². The van der Waals surface area contributed by atoms with Crippen LogP contribution in [0.15, 0.2) is 261 Å². The lowest BCUT2D eigenvalue weighted by Crippen LogP contribution is -2.00. The van der Waals surface area contributed by atoms with E-state index in [1.807, 2.05) is 18.2 Å². The van der Waals surface area contributed by atoms with Crippen LogP contribution in [0.1, 0.15) is 0 Å². The molecule has 318 valence electrons. The maximum absolute atomic E-state index is 5.18. The largest absolute Gasteiger partial charge is 0.208 e. The molecule has 3 nitrogen and oxygen atoms in total. The van der Waals surface area contributed by atoms with E-state index in [0.29, 0.717) is 17.5 Å². The Labute approximate surface area is 396 Å². The quantitative estimate of drug-likeness (QED) is 0.145. The van der Waals surface area contributed by atoms with Crippen molar-refractivity contribution in [2.45, 2.75) is 0 Å². The summed E-state index contributed by atoms with van der Waals surface area (Å²) in [4.78, 5) is 15.4. The van der Waals surface area contributed by atoms with Crippen LogP contribution in [0.2, 0.25) is 0 Å². The highest BCUT2D eigenvalue weighted by atomic mass is 15.0. The second-order valence-electron chi connectivity index (χ2n) is 17.2. The fraction of sp³-hybridized carbons (Fsp3) is 0. The van der Waals surface area contributed by atoms with Crippen LogP contribution in [-0.2, 0) is 0 Å². The van der Waals surface area contributed by atoms with Crippen molar-refractivity contribution in [3.63, 3.8) is 0 Å². The third-order valence-electron chi connectivity index (χ3n) is 12.9.